The number of Topliss-reactive ketones (excluding diaryl/α,β-unsaturated/α-hetero) is 1. The van der Waals surface area contributed by atoms with Gasteiger partial charge in [0.25, 0.3) is 5.91 Å². The van der Waals surface area contributed by atoms with E-state index in [4.69, 9.17) is 0 Å². The number of phenols is 1. The van der Waals surface area contributed by atoms with Crippen molar-refractivity contribution in [3.63, 3.8) is 0 Å². The van der Waals surface area contributed by atoms with Gasteiger partial charge in [-0.3, -0.25) is 14.6 Å². The van der Waals surface area contributed by atoms with Gasteiger partial charge in [-0.1, -0.05) is 53.2 Å². The van der Waals surface area contributed by atoms with Gasteiger partial charge in [0.05, 0.1) is 11.3 Å². The molecule has 4 rings (SSSR count). The van der Waals surface area contributed by atoms with E-state index in [0.29, 0.717) is 17.8 Å². The fraction of sp³-hybridized carbons (Fsp3) is 0.160. The number of hydrazone groups is 1. The minimum absolute atomic E-state index is 0.0923. The number of halogens is 1. The summed E-state index contributed by atoms with van der Waals surface area (Å²) in [7, 11) is 0. The van der Waals surface area contributed by atoms with Crippen LogP contribution in [0.4, 0.5) is 11.4 Å². The number of anilines is 2. The smallest absolute Gasteiger partial charge is 0.272 e. The third kappa shape index (κ3) is 4.29. The van der Waals surface area contributed by atoms with Crippen molar-refractivity contribution in [3.8, 4) is 5.75 Å². The van der Waals surface area contributed by atoms with E-state index >= 15 is 0 Å². The first-order valence-electron chi connectivity index (χ1n) is 10.3. The molecule has 162 valence electrons. The predicted molar refractivity (Wildman–Crippen MR) is 129 cm³/mol. The molecule has 0 saturated carbocycles. The maximum Gasteiger partial charge on any atom is 0.272 e. The van der Waals surface area contributed by atoms with Crippen LogP contribution in [0.1, 0.15) is 23.7 Å². The zero-order chi connectivity index (χ0) is 22.7. The van der Waals surface area contributed by atoms with E-state index in [1.807, 2.05) is 49.4 Å². The highest BCUT2D eigenvalue weighted by molar-refractivity contribution is 9.10. The summed E-state index contributed by atoms with van der Waals surface area (Å²) in [6, 6.07) is 22.2. The molecular weight excluding hydrogens is 470 g/mol. The Kier molecular flexibility index (Phi) is 6.37. The van der Waals surface area contributed by atoms with E-state index in [1.165, 1.54) is 6.07 Å². The van der Waals surface area contributed by atoms with Crippen molar-refractivity contribution in [1.82, 2.24) is 0 Å². The van der Waals surface area contributed by atoms with Crippen LogP contribution in [0.25, 0.3) is 0 Å². The van der Waals surface area contributed by atoms with E-state index in [2.05, 4.69) is 26.3 Å². The Labute approximate surface area is 194 Å². The predicted octanol–water partition coefficient (Wildman–Crippen LogP) is 5.25. The molecule has 6 nitrogen and oxygen atoms in total. The van der Waals surface area contributed by atoms with Crippen molar-refractivity contribution in [3.05, 3.63) is 88.9 Å². The molecule has 0 bridgehead atoms. The molecule has 0 radical (unpaired) electrons. The van der Waals surface area contributed by atoms with Gasteiger partial charge in [0.1, 0.15) is 17.5 Å². The van der Waals surface area contributed by atoms with Crippen LogP contribution < -0.4 is 10.3 Å². The average molecular weight is 492 g/mol. The molecule has 1 aliphatic heterocycles. The highest BCUT2D eigenvalue weighted by Gasteiger charge is 2.45. The summed E-state index contributed by atoms with van der Waals surface area (Å²) in [5, 5.41) is 19.4. The molecule has 7 heteroatoms. The van der Waals surface area contributed by atoms with Crippen LogP contribution in [0.5, 0.6) is 5.75 Å². The van der Waals surface area contributed by atoms with Gasteiger partial charge in [0.2, 0.25) is 0 Å². The number of rotatable bonds is 6. The number of benzene rings is 3. The maximum absolute atomic E-state index is 13.6. The Balaban J connectivity index is 1.74. The molecule has 0 spiro atoms. The molecule has 2 atom stereocenters. The molecule has 1 aliphatic rings. The molecule has 2 unspecified atom stereocenters. The summed E-state index contributed by atoms with van der Waals surface area (Å²) in [6.07, 6.45) is 0.526. The zero-order valence-corrected chi connectivity index (χ0v) is 19.0. The van der Waals surface area contributed by atoms with Crippen LogP contribution in [0, 0.1) is 5.92 Å². The standard InChI is InChI=1S/C25H22BrN3O3/c1-2-19-22(25(32)27-17-8-4-3-5-9-17)28-29(18-14-12-16(26)13-15-18)23(19)24(31)20-10-6-7-11-21(20)30/h3-15,19,23,30H,2H2,1H3,(H,27,32). The molecule has 0 aliphatic carbocycles. The van der Waals surface area contributed by atoms with Crippen LogP contribution in [0.15, 0.2) is 88.4 Å². The minimum Gasteiger partial charge on any atom is -0.507 e. The van der Waals surface area contributed by atoms with E-state index < -0.39 is 12.0 Å². The van der Waals surface area contributed by atoms with E-state index in [1.54, 1.807) is 35.3 Å². The number of phenolic OH excluding ortho intramolecular Hbond substituents is 1. The van der Waals surface area contributed by atoms with Crippen LogP contribution in [-0.4, -0.2) is 28.6 Å². The number of hydrogen-bond acceptors (Lipinski definition) is 5. The molecule has 1 amide bonds. The first kappa shape index (κ1) is 21.8. The Hall–Kier alpha value is -3.45. The quantitative estimate of drug-likeness (QED) is 0.461. The van der Waals surface area contributed by atoms with E-state index in [0.717, 1.165) is 4.47 Å². The molecule has 0 saturated heterocycles. The van der Waals surface area contributed by atoms with Gasteiger partial charge in [-0.25, -0.2) is 0 Å². The third-order valence-corrected chi connectivity index (χ3v) is 5.97. The molecule has 1 heterocycles. The third-order valence-electron chi connectivity index (χ3n) is 5.44. The minimum atomic E-state index is -0.758. The molecular formula is C25H22BrN3O3. The van der Waals surface area contributed by atoms with Gasteiger partial charge in [0, 0.05) is 16.1 Å². The lowest BCUT2D eigenvalue weighted by Crippen LogP contribution is -2.42. The summed E-state index contributed by atoms with van der Waals surface area (Å²) in [5.74, 6) is -1.18. The Morgan fingerprint density at radius 3 is 2.31 bits per heavy atom. The van der Waals surface area contributed by atoms with Crippen molar-refractivity contribution >= 4 is 44.7 Å². The summed E-state index contributed by atoms with van der Waals surface area (Å²) >= 11 is 3.42. The lowest BCUT2D eigenvalue weighted by molar-refractivity contribution is -0.110. The molecule has 32 heavy (non-hydrogen) atoms. The number of carbonyl (C=O) groups is 2. The van der Waals surface area contributed by atoms with Crippen molar-refractivity contribution in [2.75, 3.05) is 10.3 Å². The van der Waals surface area contributed by atoms with Crippen molar-refractivity contribution in [2.45, 2.75) is 19.4 Å². The van der Waals surface area contributed by atoms with E-state index in [-0.39, 0.29) is 28.7 Å². The summed E-state index contributed by atoms with van der Waals surface area (Å²) < 4.78 is 0.891. The SMILES string of the molecule is CCC1C(C(=O)Nc2ccccc2)=NN(c2ccc(Br)cc2)C1C(=O)c1ccccc1O. The monoisotopic (exact) mass is 491 g/mol. The maximum atomic E-state index is 13.6. The summed E-state index contributed by atoms with van der Waals surface area (Å²) in [5.41, 5.74) is 1.83. The van der Waals surface area contributed by atoms with Crippen molar-refractivity contribution < 1.29 is 14.7 Å². The van der Waals surface area contributed by atoms with Crippen LogP contribution in [0.2, 0.25) is 0 Å². The van der Waals surface area contributed by atoms with Gasteiger partial charge in [-0.15, -0.1) is 0 Å². The van der Waals surface area contributed by atoms with Gasteiger partial charge >= 0.3 is 0 Å². The Morgan fingerprint density at radius 1 is 1.00 bits per heavy atom. The number of para-hydroxylation sites is 2. The van der Waals surface area contributed by atoms with Gasteiger partial charge in [-0.2, -0.15) is 5.10 Å². The fourth-order valence-electron chi connectivity index (χ4n) is 3.87. The summed E-state index contributed by atoms with van der Waals surface area (Å²) in [6.45, 7) is 1.92. The molecule has 3 aromatic rings. The number of nitrogens with zero attached hydrogens (tertiary/aromatic N) is 2. The normalized spacial score (nSPS) is 17.7. The first-order valence-corrected chi connectivity index (χ1v) is 11.1. The van der Waals surface area contributed by atoms with Gasteiger partial charge < -0.3 is 10.4 Å². The lowest BCUT2D eigenvalue weighted by atomic mass is 9.86. The van der Waals surface area contributed by atoms with Gasteiger partial charge in [-0.05, 0) is 55.0 Å². The second kappa shape index (κ2) is 9.36. The van der Waals surface area contributed by atoms with Gasteiger partial charge in [0.15, 0.2) is 5.78 Å². The second-order valence-electron chi connectivity index (χ2n) is 7.47. The lowest BCUT2D eigenvalue weighted by Gasteiger charge is -2.26. The fourth-order valence-corrected chi connectivity index (χ4v) is 4.13. The number of nitrogens with one attached hydrogen (secondary N) is 1. The largest absolute Gasteiger partial charge is 0.507 e. The topological polar surface area (TPSA) is 82.0 Å². The first-order chi connectivity index (χ1) is 15.5. The highest BCUT2D eigenvalue weighted by atomic mass is 79.9. The number of amides is 1. The second-order valence-corrected chi connectivity index (χ2v) is 8.38. The average Bonchev–Trinajstić information content (AvgIpc) is 3.20. The molecule has 2 N–H and O–H groups in total. The Morgan fingerprint density at radius 2 is 1.66 bits per heavy atom. The van der Waals surface area contributed by atoms with Crippen molar-refractivity contribution in [1.29, 1.82) is 0 Å². The van der Waals surface area contributed by atoms with Crippen LogP contribution in [0.3, 0.4) is 0 Å². The Bertz CT molecular complexity index is 1160. The van der Waals surface area contributed by atoms with Crippen LogP contribution in [-0.2, 0) is 4.79 Å². The number of carbonyl (C=O) groups excluding carboxylic acids is 2. The number of ketones is 1. The molecule has 3 aromatic carbocycles. The molecule has 0 fully saturated rings. The van der Waals surface area contributed by atoms with Crippen molar-refractivity contribution in [2.24, 2.45) is 11.0 Å². The molecule has 0 aromatic heterocycles. The van der Waals surface area contributed by atoms with Crippen LogP contribution >= 0.6 is 15.9 Å². The number of aromatic hydroxyl groups is 1. The van der Waals surface area contributed by atoms with E-state index in [9.17, 15) is 14.7 Å². The zero-order valence-electron chi connectivity index (χ0n) is 17.4. The number of hydrogen-bond donors (Lipinski definition) is 2. The summed E-state index contributed by atoms with van der Waals surface area (Å²) in [4.78, 5) is 26.7. The highest BCUT2D eigenvalue weighted by Crippen LogP contribution is 2.35.